The fourth-order valence-electron chi connectivity index (χ4n) is 2.85. The molecule has 0 fully saturated rings. The Bertz CT molecular complexity index is 1090. The topological polar surface area (TPSA) is 55.6 Å². The lowest BCUT2D eigenvalue weighted by atomic mass is 10.1. The molecule has 4 aromatic rings. The molecule has 6 heteroatoms. The molecule has 0 N–H and O–H groups in total. The summed E-state index contributed by atoms with van der Waals surface area (Å²) in [6, 6.07) is 16.9. The summed E-state index contributed by atoms with van der Waals surface area (Å²) in [6.45, 7) is 2.29. The van der Waals surface area contributed by atoms with Gasteiger partial charge in [-0.25, -0.2) is 4.98 Å². The second-order valence-electron chi connectivity index (χ2n) is 6.17. The van der Waals surface area contributed by atoms with Gasteiger partial charge in [-0.15, -0.1) is 0 Å². The fourth-order valence-corrected chi connectivity index (χ4v) is 3.85. The van der Waals surface area contributed by atoms with Gasteiger partial charge in [0.15, 0.2) is 5.13 Å². The van der Waals surface area contributed by atoms with Crippen molar-refractivity contribution in [1.29, 1.82) is 0 Å². The van der Waals surface area contributed by atoms with Crippen molar-refractivity contribution in [2.75, 3.05) is 12.0 Å². The minimum atomic E-state index is -0.110. The largest absolute Gasteiger partial charge is 0.497 e. The van der Waals surface area contributed by atoms with E-state index in [9.17, 15) is 4.79 Å². The zero-order valence-electron chi connectivity index (χ0n) is 15.0. The number of rotatable bonds is 5. The number of benzene rings is 2. The summed E-state index contributed by atoms with van der Waals surface area (Å²) in [6.07, 6.45) is 1.61. The highest BCUT2D eigenvalue weighted by atomic mass is 32.1. The van der Waals surface area contributed by atoms with Crippen molar-refractivity contribution in [2.45, 2.75) is 13.5 Å². The van der Waals surface area contributed by atoms with Crippen molar-refractivity contribution in [3.8, 4) is 5.75 Å². The number of aryl methyl sites for hydroxylation is 1. The number of thiazole rings is 1. The van der Waals surface area contributed by atoms with E-state index in [4.69, 9.17) is 9.15 Å². The molecule has 0 aliphatic rings. The Morgan fingerprint density at radius 2 is 2.07 bits per heavy atom. The summed E-state index contributed by atoms with van der Waals surface area (Å²) in [5.74, 6) is 1.36. The maximum Gasteiger partial charge on any atom is 0.260 e. The molecule has 1 amide bonds. The summed E-state index contributed by atoms with van der Waals surface area (Å²) in [7, 11) is 1.63. The molecular weight excluding hydrogens is 360 g/mol. The lowest BCUT2D eigenvalue weighted by Gasteiger charge is -2.19. The fraction of sp³-hybridized carbons (Fsp3) is 0.143. The molecule has 27 heavy (non-hydrogen) atoms. The molecule has 0 bridgehead atoms. The third-order valence-electron chi connectivity index (χ3n) is 4.22. The van der Waals surface area contributed by atoms with E-state index in [1.54, 1.807) is 18.3 Å². The number of amides is 1. The van der Waals surface area contributed by atoms with Gasteiger partial charge < -0.3 is 9.15 Å². The number of carbonyl (C=O) groups is 1. The number of hydrogen-bond donors (Lipinski definition) is 0. The highest BCUT2D eigenvalue weighted by Crippen LogP contribution is 2.33. The molecule has 5 nitrogen and oxygen atoms in total. The first-order valence-corrected chi connectivity index (χ1v) is 9.31. The van der Waals surface area contributed by atoms with Crippen molar-refractivity contribution < 1.29 is 13.9 Å². The van der Waals surface area contributed by atoms with E-state index < -0.39 is 0 Å². The van der Waals surface area contributed by atoms with Gasteiger partial charge in [-0.3, -0.25) is 9.69 Å². The van der Waals surface area contributed by atoms with Gasteiger partial charge in [0.25, 0.3) is 5.91 Å². The SMILES string of the molecule is COc1ccc2nc(N(Cc3ccco3)C(=O)c3cccc(C)c3)sc2c1. The minimum Gasteiger partial charge on any atom is -0.497 e. The quantitative estimate of drug-likeness (QED) is 0.487. The number of anilines is 1. The number of carbonyl (C=O) groups excluding carboxylic acids is 1. The standard InChI is InChI=1S/C21H18N2O3S/c1-14-5-3-6-15(11-14)20(24)23(13-17-7-4-10-26-17)21-22-18-9-8-16(25-2)12-19(18)27-21/h3-12H,13H2,1-2H3. The van der Waals surface area contributed by atoms with Crippen LogP contribution in [0, 0.1) is 6.92 Å². The predicted molar refractivity (Wildman–Crippen MR) is 107 cm³/mol. The number of methoxy groups -OCH3 is 1. The van der Waals surface area contributed by atoms with Gasteiger partial charge in [0.05, 0.1) is 30.1 Å². The van der Waals surface area contributed by atoms with Crippen LogP contribution in [0.15, 0.2) is 65.3 Å². The van der Waals surface area contributed by atoms with Crippen LogP contribution in [0.3, 0.4) is 0 Å². The molecule has 0 aliphatic heterocycles. The molecule has 0 radical (unpaired) electrons. The van der Waals surface area contributed by atoms with E-state index in [2.05, 4.69) is 4.98 Å². The van der Waals surface area contributed by atoms with E-state index in [0.29, 0.717) is 23.0 Å². The Kier molecular flexibility index (Phi) is 4.64. The lowest BCUT2D eigenvalue weighted by Crippen LogP contribution is -2.30. The van der Waals surface area contributed by atoms with Crippen molar-refractivity contribution in [1.82, 2.24) is 4.98 Å². The number of hydrogen-bond acceptors (Lipinski definition) is 5. The number of fused-ring (bicyclic) bond motifs is 1. The van der Waals surface area contributed by atoms with Crippen LogP contribution in [-0.4, -0.2) is 18.0 Å². The van der Waals surface area contributed by atoms with Crippen molar-refractivity contribution >= 4 is 32.6 Å². The second kappa shape index (κ2) is 7.25. The van der Waals surface area contributed by atoms with Gasteiger partial charge in [0.1, 0.15) is 11.5 Å². The number of ether oxygens (including phenoxy) is 1. The van der Waals surface area contributed by atoms with Gasteiger partial charge in [0, 0.05) is 5.56 Å². The Balaban J connectivity index is 1.76. The van der Waals surface area contributed by atoms with E-state index in [1.807, 2.05) is 61.5 Å². The summed E-state index contributed by atoms with van der Waals surface area (Å²) in [5.41, 5.74) is 2.49. The third kappa shape index (κ3) is 3.57. The van der Waals surface area contributed by atoms with Crippen molar-refractivity contribution in [3.05, 3.63) is 77.7 Å². The molecule has 0 aliphatic carbocycles. The first-order valence-electron chi connectivity index (χ1n) is 8.49. The van der Waals surface area contributed by atoms with Gasteiger partial charge in [-0.2, -0.15) is 0 Å². The number of furan rings is 1. The van der Waals surface area contributed by atoms with Gasteiger partial charge in [-0.1, -0.05) is 29.0 Å². The Labute approximate surface area is 160 Å². The van der Waals surface area contributed by atoms with E-state index in [0.717, 1.165) is 21.5 Å². The van der Waals surface area contributed by atoms with Crippen LogP contribution in [-0.2, 0) is 6.54 Å². The van der Waals surface area contributed by atoms with Gasteiger partial charge in [0.2, 0.25) is 0 Å². The Hall–Kier alpha value is -3.12. The highest BCUT2D eigenvalue weighted by Gasteiger charge is 2.23. The monoisotopic (exact) mass is 378 g/mol. The van der Waals surface area contributed by atoms with Crippen LogP contribution in [0.4, 0.5) is 5.13 Å². The number of aromatic nitrogens is 1. The molecule has 0 unspecified atom stereocenters. The Morgan fingerprint density at radius 1 is 1.19 bits per heavy atom. The van der Waals surface area contributed by atoms with Crippen LogP contribution in [0.5, 0.6) is 5.75 Å². The van der Waals surface area contributed by atoms with Crippen molar-refractivity contribution in [2.24, 2.45) is 0 Å². The molecule has 2 aromatic heterocycles. The number of nitrogens with zero attached hydrogens (tertiary/aromatic N) is 2. The maximum atomic E-state index is 13.2. The molecular formula is C21H18N2O3S. The first-order chi connectivity index (χ1) is 13.1. The first kappa shape index (κ1) is 17.3. The summed E-state index contributed by atoms with van der Waals surface area (Å²) in [4.78, 5) is 19.6. The average Bonchev–Trinajstić information content (AvgIpc) is 3.34. The summed E-state index contributed by atoms with van der Waals surface area (Å²) in [5, 5.41) is 0.626. The average molecular weight is 378 g/mol. The third-order valence-corrected chi connectivity index (χ3v) is 5.26. The van der Waals surface area contributed by atoms with Crippen molar-refractivity contribution in [3.63, 3.8) is 0 Å². The van der Waals surface area contributed by atoms with Crippen LogP contribution >= 0.6 is 11.3 Å². The minimum absolute atomic E-state index is 0.110. The maximum absolute atomic E-state index is 13.2. The lowest BCUT2D eigenvalue weighted by molar-refractivity contribution is 0.0983. The molecule has 0 spiro atoms. The van der Waals surface area contributed by atoms with Crippen LogP contribution in [0.2, 0.25) is 0 Å². The van der Waals surface area contributed by atoms with Crippen LogP contribution in [0.25, 0.3) is 10.2 Å². The van der Waals surface area contributed by atoms with Crippen LogP contribution in [0.1, 0.15) is 21.7 Å². The summed E-state index contributed by atoms with van der Waals surface area (Å²) < 4.78 is 11.7. The summed E-state index contributed by atoms with van der Waals surface area (Å²) >= 11 is 1.46. The normalized spacial score (nSPS) is 10.9. The van der Waals surface area contributed by atoms with E-state index >= 15 is 0 Å². The molecule has 4 rings (SSSR count). The van der Waals surface area contributed by atoms with Gasteiger partial charge >= 0.3 is 0 Å². The highest BCUT2D eigenvalue weighted by molar-refractivity contribution is 7.22. The molecule has 136 valence electrons. The molecule has 0 saturated heterocycles. The Morgan fingerprint density at radius 3 is 2.81 bits per heavy atom. The molecule has 2 aromatic carbocycles. The molecule has 0 atom stereocenters. The second-order valence-corrected chi connectivity index (χ2v) is 7.18. The molecule has 2 heterocycles. The van der Waals surface area contributed by atoms with Gasteiger partial charge in [-0.05, 0) is 49.4 Å². The predicted octanol–water partition coefficient (Wildman–Crippen LogP) is 5.05. The van der Waals surface area contributed by atoms with E-state index in [1.165, 1.54) is 11.3 Å². The zero-order valence-corrected chi connectivity index (χ0v) is 15.8. The molecule has 0 saturated carbocycles. The smallest absolute Gasteiger partial charge is 0.260 e. The zero-order chi connectivity index (χ0) is 18.8. The van der Waals surface area contributed by atoms with E-state index in [-0.39, 0.29) is 5.91 Å². The van der Waals surface area contributed by atoms with Crippen LogP contribution < -0.4 is 9.64 Å².